The third-order valence-corrected chi connectivity index (χ3v) is 6.07. The molecule has 0 saturated carbocycles. The van der Waals surface area contributed by atoms with Crippen molar-refractivity contribution in [2.45, 2.75) is 26.5 Å². The van der Waals surface area contributed by atoms with Gasteiger partial charge in [-0.15, -0.1) is 0 Å². The molecule has 1 saturated heterocycles. The molecule has 8 heteroatoms. The van der Waals surface area contributed by atoms with E-state index in [-0.39, 0.29) is 6.10 Å². The van der Waals surface area contributed by atoms with E-state index in [0.29, 0.717) is 5.95 Å². The van der Waals surface area contributed by atoms with Crippen LogP contribution in [-0.2, 0) is 11.3 Å². The second-order valence-corrected chi connectivity index (χ2v) is 9.05. The number of hydrogen-bond acceptors (Lipinski definition) is 6. The molecule has 1 aliphatic rings. The van der Waals surface area contributed by atoms with Crippen molar-refractivity contribution in [1.82, 2.24) is 19.4 Å². The molecule has 34 heavy (non-hydrogen) atoms. The number of anilines is 2. The lowest BCUT2D eigenvalue weighted by molar-refractivity contribution is 0.0342. The molecule has 2 aromatic heterocycles. The van der Waals surface area contributed by atoms with Crippen LogP contribution >= 0.6 is 11.6 Å². The Morgan fingerprint density at radius 2 is 1.88 bits per heavy atom. The standard InChI is InChI=1S/C26H28ClN5O2/c1-18(2)34-23-7-4-21(5-8-23)29-26-28-16-19-9-10-32(25(19)30-26)22-6-3-20(24(27)15-22)17-31-11-13-33-14-12-31/h3-10,15-16,18H,11-14,17H2,1-2H3,(H,28,29,30). The van der Waals surface area contributed by atoms with Gasteiger partial charge in [-0.25, -0.2) is 4.98 Å². The number of rotatable bonds is 7. The lowest BCUT2D eigenvalue weighted by atomic mass is 10.2. The molecular weight excluding hydrogens is 450 g/mol. The third-order valence-electron chi connectivity index (χ3n) is 5.72. The SMILES string of the molecule is CC(C)Oc1ccc(Nc2ncc3ccn(-c4ccc(CN5CCOCC5)c(Cl)c4)c3n2)cc1. The van der Waals surface area contributed by atoms with E-state index in [1.165, 1.54) is 0 Å². The monoisotopic (exact) mass is 477 g/mol. The molecule has 1 aliphatic heterocycles. The second kappa shape index (κ2) is 10.0. The number of benzene rings is 2. The predicted molar refractivity (Wildman–Crippen MR) is 135 cm³/mol. The Labute approximate surface area is 204 Å². The van der Waals surface area contributed by atoms with E-state index in [9.17, 15) is 0 Å². The van der Waals surface area contributed by atoms with Crippen molar-refractivity contribution in [2.75, 3.05) is 31.6 Å². The van der Waals surface area contributed by atoms with Crippen molar-refractivity contribution < 1.29 is 9.47 Å². The van der Waals surface area contributed by atoms with Gasteiger partial charge in [-0.3, -0.25) is 4.90 Å². The third kappa shape index (κ3) is 5.17. The number of nitrogens with zero attached hydrogens (tertiary/aromatic N) is 4. The average molecular weight is 478 g/mol. The Morgan fingerprint density at radius 3 is 2.62 bits per heavy atom. The molecule has 0 bridgehead atoms. The molecule has 1 N–H and O–H groups in total. The molecule has 4 aromatic rings. The molecule has 0 spiro atoms. The number of morpholine rings is 1. The van der Waals surface area contributed by atoms with Crippen LogP contribution in [-0.4, -0.2) is 51.8 Å². The zero-order valence-electron chi connectivity index (χ0n) is 19.4. The summed E-state index contributed by atoms with van der Waals surface area (Å²) in [5, 5.41) is 4.99. The van der Waals surface area contributed by atoms with Gasteiger partial charge in [0, 0.05) is 53.8 Å². The average Bonchev–Trinajstić information content (AvgIpc) is 3.25. The number of nitrogens with one attached hydrogen (secondary N) is 1. The van der Waals surface area contributed by atoms with Gasteiger partial charge in [-0.2, -0.15) is 4.98 Å². The minimum Gasteiger partial charge on any atom is -0.491 e. The second-order valence-electron chi connectivity index (χ2n) is 8.64. The van der Waals surface area contributed by atoms with Crippen molar-refractivity contribution in [2.24, 2.45) is 0 Å². The topological polar surface area (TPSA) is 64.4 Å². The number of halogens is 1. The minimum absolute atomic E-state index is 0.138. The first-order valence-electron chi connectivity index (χ1n) is 11.5. The zero-order chi connectivity index (χ0) is 23.5. The maximum absolute atomic E-state index is 6.67. The molecule has 176 valence electrons. The molecule has 2 aromatic carbocycles. The predicted octanol–water partition coefficient (Wildman–Crippen LogP) is 5.44. The summed E-state index contributed by atoms with van der Waals surface area (Å²) in [6, 6.07) is 16.0. The zero-order valence-corrected chi connectivity index (χ0v) is 20.1. The molecule has 1 fully saturated rings. The quantitative estimate of drug-likeness (QED) is 0.382. The van der Waals surface area contributed by atoms with Gasteiger partial charge < -0.3 is 19.4 Å². The van der Waals surface area contributed by atoms with Crippen LogP contribution in [0.15, 0.2) is 60.9 Å². The molecular formula is C26H28ClN5O2. The maximum atomic E-state index is 6.67. The van der Waals surface area contributed by atoms with E-state index in [2.05, 4.69) is 27.3 Å². The highest BCUT2D eigenvalue weighted by molar-refractivity contribution is 6.31. The van der Waals surface area contributed by atoms with Crippen molar-refractivity contribution >= 4 is 34.3 Å². The van der Waals surface area contributed by atoms with E-state index in [0.717, 1.165) is 71.6 Å². The molecule has 0 aliphatic carbocycles. The highest BCUT2D eigenvalue weighted by atomic mass is 35.5. The lowest BCUT2D eigenvalue weighted by Crippen LogP contribution is -2.35. The van der Waals surface area contributed by atoms with Gasteiger partial charge in [0.2, 0.25) is 5.95 Å². The van der Waals surface area contributed by atoms with Crippen LogP contribution in [0.4, 0.5) is 11.6 Å². The van der Waals surface area contributed by atoms with E-state index in [1.807, 2.05) is 67.2 Å². The minimum atomic E-state index is 0.138. The highest BCUT2D eigenvalue weighted by Crippen LogP contribution is 2.26. The van der Waals surface area contributed by atoms with Crippen molar-refractivity contribution in [1.29, 1.82) is 0 Å². The van der Waals surface area contributed by atoms with Gasteiger partial charge in [0.05, 0.1) is 19.3 Å². The van der Waals surface area contributed by atoms with Gasteiger partial charge in [0.25, 0.3) is 0 Å². The lowest BCUT2D eigenvalue weighted by Gasteiger charge is -2.27. The number of ether oxygens (including phenoxy) is 2. The summed E-state index contributed by atoms with van der Waals surface area (Å²) in [4.78, 5) is 11.6. The smallest absolute Gasteiger partial charge is 0.229 e. The molecule has 0 amide bonds. The maximum Gasteiger partial charge on any atom is 0.229 e. The Morgan fingerprint density at radius 1 is 1.09 bits per heavy atom. The van der Waals surface area contributed by atoms with Crippen LogP contribution in [0.5, 0.6) is 5.75 Å². The largest absolute Gasteiger partial charge is 0.491 e. The Hall–Kier alpha value is -3.13. The molecule has 5 rings (SSSR count). The summed E-state index contributed by atoms with van der Waals surface area (Å²) in [7, 11) is 0. The summed E-state index contributed by atoms with van der Waals surface area (Å²) in [5.41, 5.74) is 3.79. The van der Waals surface area contributed by atoms with Crippen molar-refractivity contribution in [3.8, 4) is 11.4 Å². The Balaban J connectivity index is 1.36. The van der Waals surface area contributed by atoms with Gasteiger partial charge in [-0.05, 0) is 61.9 Å². The van der Waals surface area contributed by atoms with Gasteiger partial charge in [-0.1, -0.05) is 17.7 Å². The summed E-state index contributed by atoms with van der Waals surface area (Å²) >= 11 is 6.67. The normalized spacial score (nSPS) is 14.6. The van der Waals surface area contributed by atoms with E-state index in [4.69, 9.17) is 26.1 Å². The summed E-state index contributed by atoms with van der Waals surface area (Å²) < 4.78 is 13.2. The Bertz CT molecular complexity index is 1270. The fourth-order valence-electron chi connectivity index (χ4n) is 4.02. The fourth-order valence-corrected chi connectivity index (χ4v) is 4.25. The molecule has 0 atom stereocenters. The number of aromatic nitrogens is 3. The first-order chi connectivity index (χ1) is 16.5. The first kappa shape index (κ1) is 22.7. The molecule has 0 radical (unpaired) electrons. The number of hydrogen-bond donors (Lipinski definition) is 1. The van der Waals surface area contributed by atoms with E-state index in [1.54, 1.807) is 0 Å². The van der Waals surface area contributed by atoms with Crippen LogP contribution in [0.25, 0.3) is 16.7 Å². The summed E-state index contributed by atoms with van der Waals surface area (Å²) in [5.74, 6) is 1.36. The summed E-state index contributed by atoms with van der Waals surface area (Å²) in [6.45, 7) is 8.26. The van der Waals surface area contributed by atoms with Gasteiger partial charge >= 0.3 is 0 Å². The van der Waals surface area contributed by atoms with E-state index < -0.39 is 0 Å². The molecule has 0 unspecified atom stereocenters. The van der Waals surface area contributed by atoms with Crippen LogP contribution in [0, 0.1) is 0 Å². The summed E-state index contributed by atoms with van der Waals surface area (Å²) in [6.07, 6.45) is 3.96. The van der Waals surface area contributed by atoms with E-state index >= 15 is 0 Å². The van der Waals surface area contributed by atoms with Crippen LogP contribution in [0.1, 0.15) is 19.4 Å². The number of fused-ring (bicyclic) bond motifs is 1. The van der Waals surface area contributed by atoms with Crippen LogP contribution in [0.2, 0.25) is 5.02 Å². The highest BCUT2D eigenvalue weighted by Gasteiger charge is 2.14. The van der Waals surface area contributed by atoms with Crippen LogP contribution < -0.4 is 10.1 Å². The molecule has 3 heterocycles. The van der Waals surface area contributed by atoms with Gasteiger partial charge in [0.15, 0.2) is 0 Å². The molecule has 7 nitrogen and oxygen atoms in total. The van der Waals surface area contributed by atoms with Gasteiger partial charge in [0.1, 0.15) is 11.4 Å². The Kier molecular flexibility index (Phi) is 6.67. The van der Waals surface area contributed by atoms with Crippen molar-refractivity contribution in [3.63, 3.8) is 0 Å². The first-order valence-corrected chi connectivity index (χ1v) is 11.9. The fraction of sp³-hybridized carbons (Fsp3) is 0.308. The van der Waals surface area contributed by atoms with Crippen molar-refractivity contribution in [3.05, 3.63) is 71.5 Å². The van der Waals surface area contributed by atoms with Crippen LogP contribution in [0.3, 0.4) is 0 Å².